The predicted molar refractivity (Wildman–Crippen MR) is 114 cm³/mol. The first-order valence-electron chi connectivity index (χ1n) is 8.92. The van der Waals surface area contributed by atoms with Gasteiger partial charge in [-0.2, -0.15) is 0 Å². The Balaban J connectivity index is 1.66. The maximum Gasteiger partial charge on any atom is 0.272 e. The van der Waals surface area contributed by atoms with Crippen molar-refractivity contribution in [3.8, 4) is 11.5 Å². The fourth-order valence-electron chi connectivity index (χ4n) is 3.20. The van der Waals surface area contributed by atoms with Crippen LogP contribution in [0.15, 0.2) is 47.3 Å². The monoisotopic (exact) mass is 409 g/mol. The maximum atomic E-state index is 13.0. The van der Waals surface area contributed by atoms with Crippen LogP contribution in [0.1, 0.15) is 5.82 Å². The van der Waals surface area contributed by atoms with E-state index < -0.39 is 0 Å². The van der Waals surface area contributed by atoms with Crippen LogP contribution in [0.2, 0.25) is 0 Å². The molecule has 29 heavy (non-hydrogen) atoms. The molecule has 0 aliphatic heterocycles. The molecular weight excluding hydrogens is 390 g/mol. The second kappa shape index (κ2) is 7.56. The van der Waals surface area contributed by atoms with Crippen LogP contribution in [0, 0.1) is 6.92 Å². The molecule has 1 N–H and O–H groups in total. The zero-order valence-electron chi connectivity index (χ0n) is 16.2. The number of nitrogens with zero attached hydrogens (tertiary/aromatic N) is 2. The van der Waals surface area contributed by atoms with Crippen molar-refractivity contribution in [2.24, 2.45) is 0 Å². The highest BCUT2D eigenvalue weighted by Gasteiger charge is 2.16. The van der Waals surface area contributed by atoms with Crippen LogP contribution >= 0.6 is 11.3 Å². The molecule has 2 heterocycles. The van der Waals surface area contributed by atoms with Crippen molar-refractivity contribution in [1.29, 1.82) is 0 Å². The number of benzene rings is 2. The summed E-state index contributed by atoms with van der Waals surface area (Å²) in [6, 6.07) is 12.9. The number of anilines is 1. The number of hydrogen-bond acceptors (Lipinski definition) is 6. The average Bonchev–Trinajstić information content (AvgIpc) is 3.10. The van der Waals surface area contributed by atoms with Gasteiger partial charge in [0.2, 0.25) is 5.91 Å². The average molecular weight is 409 g/mol. The Morgan fingerprint density at radius 3 is 2.72 bits per heavy atom. The fourth-order valence-corrected chi connectivity index (χ4v) is 4.29. The van der Waals surface area contributed by atoms with Crippen molar-refractivity contribution in [3.63, 3.8) is 0 Å². The molecule has 148 valence electrons. The van der Waals surface area contributed by atoms with E-state index in [0.29, 0.717) is 33.2 Å². The lowest BCUT2D eigenvalue weighted by atomic mass is 10.2. The quantitative estimate of drug-likeness (QED) is 0.545. The summed E-state index contributed by atoms with van der Waals surface area (Å²) in [7, 11) is 3.07. The lowest BCUT2D eigenvalue weighted by Crippen LogP contribution is -2.29. The summed E-state index contributed by atoms with van der Waals surface area (Å²) in [5.41, 5.74) is 0.965. The molecule has 4 aromatic rings. The Morgan fingerprint density at radius 1 is 1.17 bits per heavy atom. The molecule has 1 amide bonds. The molecule has 0 saturated heterocycles. The highest BCUT2D eigenvalue weighted by molar-refractivity contribution is 7.25. The van der Waals surface area contributed by atoms with Gasteiger partial charge < -0.3 is 14.8 Å². The fraction of sp³-hybridized carbons (Fsp3) is 0.190. The topological polar surface area (TPSA) is 82.5 Å². The molecule has 0 fully saturated rings. The Kier molecular flexibility index (Phi) is 4.94. The van der Waals surface area contributed by atoms with Crippen LogP contribution in [0.3, 0.4) is 0 Å². The summed E-state index contributed by atoms with van der Waals surface area (Å²) in [4.78, 5) is 30.3. The van der Waals surface area contributed by atoms with Crippen LogP contribution in [0.25, 0.3) is 20.3 Å². The third-order valence-corrected chi connectivity index (χ3v) is 5.81. The van der Waals surface area contributed by atoms with Crippen LogP contribution in [0.5, 0.6) is 11.5 Å². The zero-order valence-corrected chi connectivity index (χ0v) is 17.0. The molecular formula is C21H19N3O4S. The van der Waals surface area contributed by atoms with Gasteiger partial charge in [0.05, 0.1) is 25.4 Å². The number of fused-ring (bicyclic) bond motifs is 3. The molecule has 0 spiro atoms. The van der Waals surface area contributed by atoms with Gasteiger partial charge in [0.25, 0.3) is 5.56 Å². The molecule has 4 rings (SSSR count). The van der Waals surface area contributed by atoms with Crippen molar-refractivity contribution in [2.75, 3.05) is 19.5 Å². The van der Waals surface area contributed by atoms with Crippen molar-refractivity contribution < 1.29 is 14.3 Å². The zero-order chi connectivity index (χ0) is 20.5. The van der Waals surface area contributed by atoms with E-state index in [2.05, 4.69) is 10.3 Å². The third-order valence-electron chi connectivity index (χ3n) is 4.66. The van der Waals surface area contributed by atoms with Gasteiger partial charge >= 0.3 is 0 Å². The Hall–Kier alpha value is -3.39. The summed E-state index contributed by atoms with van der Waals surface area (Å²) in [5.74, 6) is 1.23. The highest BCUT2D eigenvalue weighted by Crippen LogP contribution is 2.31. The van der Waals surface area contributed by atoms with Crippen molar-refractivity contribution in [3.05, 3.63) is 58.6 Å². The van der Waals surface area contributed by atoms with Crippen molar-refractivity contribution in [2.45, 2.75) is 13.5 Å². The highest BCUT2D eigenvalue weighted by atomic mass is 32.1. The van der Waals surface area contributed by atoms with Crippen LogP contribution in [0.4, 0.5) is 5.69 Å². The normalized spacial score (nSPS) is 11.0. The largest absolute Gasteiger partial charge is 0.497 e. The second-order valence-electron chi connectivity index (χ2n) is 6.44. The Bertz CT molecular complexity index is 1290. The predicted octanol–water partition coefficient (Wildman–Crippen LogP) is 3.58. The first-order valence-corrected chi connectivity index (χ1v) is 9.74. The Labute approximate surface area is 170 Å². The smallest absolute Gasteiger partial charge is 0.272 e. The molecule has 0 radical (unpaired) electrons. The van der Waals surface area contributed by atoms with Gasteiger partial charge in [0, 0.05) is 16.2 Å². The number of aromatic nitrogens is 2. The van der Waals surface area contributed by atoms with E-state index in [1.54, 1.807) is 32.2 Å². The molecule has 7 nitrogen and oxygen atoms in total. The van der Waals surface area contributed by atoms with E-state index in [1.165, 1.54) is 23.0 Å². The molecule has 0 atom stereocenters. The molecule has 8 heteroatoms. The van der Waals surface area contributed by atoms with E-state index in [-0.39, 0.29) is 18.0 Å². The third kappa shape index (κ3) is 3.42. The summed E-state index contributed by atoms with van der Waals surface area (Å²) in [5, 5.41) is 3.74. The van der Waals surface area contributed by atoms with Crippen molar-refractivity contribution in [1.82, 2.24) is 9.55 Å². The van der Waals surface area contributed by atoms with Gasteiger partial charge in [0.15, 0.2) is 0 Å². The minimum absolute atomic E-state index is 0.142. The minimum atomic E-state index is -0.346. The number of carbonyl (C=O) groups is 1. The standard InChI is InChI=1S/C21H19N3O4S/c1-12-22-19-14-6-4-5-7-17(14)29-20(19)21(26)24(12)11-18(25)23-15-9-8-13(27-2)10-16(15)28-3/h4-10H,11H2,1-3H3,(H,23,25). The first-order chi connectivity index (χ1) is 14.0. The van der Waals surface area contributed by atoms with Gasteiger partial charge in [-0.1, -0.05) is 18.2 Å². The molecule has 2 aromatic carbocycles. The molecule has 0 unspecified atom stereocenters. The van der Waals surface area contributed by atoms with E-state index in [4.69, 9.17) is 9.47 Å². The molecule has 0 saturated carbocycles. The number of aryl methyl sites for hydroxylation is 1. The van der Waals surface area contributed by atoms with Gasteiger partial charge in [0.1, 0.15) is 28.6 Å². The lowest BCUT2D eigenvalue weighted by Gasteiger charge is -2.13. The number of rotatable bonds is 5. The molecule has 2 aromatic heterocycles. The Morgan fingerprint density at radius 2 is 1.97 bits per heavy atom. The summed E-state index contributed by atoms with van der Waals surface area (Å²) >= 11 is 1.39. The van der Waals surface area contributed by atoms with Gasteiger partial charge in [-0.05, 0) is 25.1 Å². The number of nitrogens with one attached hydrogen (secondary N) is 1. The van der Waals surface area contributed by atoms with Gasteiger partial charge in [-0.15, -0.1) is 11.3 Å². The number of thiophene rings is 1. The number of methoxy groups -OCH3 is 2. The number of amides is 1. The van der Waals surface area contributed by atoms with Crippen LogP contribution < -0.4 is 20.3 Å². The van der Waals surface area contributed by atoms with Gasteiger partial charge in [-0.3, -0.25) is 14.2 Å². The SMILES string of the molecule is COc1ccc(NC(=O)Cn2c(C)nc3c(sc4ccccc43)c2=O)c(OC)c1. The second-order valence-corrected chi connectivity index (χ2v) is 7.49. The van der Waals surface area contributed by atoms with E-state index in [9.17, 15) is 9.59 Å². The molecule has 0 aliphatic carbocycles. The van der Waals surface area contributed by atoms with Gasteiger partial charge in [-0.25, -0.2) is 4.98 Å². The van der Waals surface area contributed by atoms with Crippen molar-refractivity contribution >= 4 is 43.2 Å². The summed E-state index contributed by atoms with van der Waals surface area (Å²) in [6.07, 6.45) is 0. The van der Waals surface area contributed by atoms with E-state index in [1.807, 2.05) is 24.3 Å². The molecule has 0 aliphatic rings. The summed E-state index contributed by atoms with van der Waals surface area (Å²) < 4.78 is 13.4. The van der Waals surface area contributed by atoms with Crippen LogP contribution in [-0.4, -0.2) is 29.7 Å². The lowest BCUT2D eigenvalue weighted by molar-refractivity contribution is -0.116. The number of carbonyl (C=O) groups excluding carboxylic acids is 1. The number of ether oxygens (including phenoxy) is 2. The number of hydrogen-bond donors (Lipinski definition) is 1. The van der Waals surface area contributed by atoms with E-state index in [0.717, 1.165) is 10.1 Å². The minimum Gasteiger partial charge on any atom is -0.497 e. The first kappa shape index (κ1) is 18.9. The summed E-state index contributed by atoms with van der Waals surface area (Å²) in [6.45, 7) is 1.59. The maximum absolute atomic E-state index is 13.0. The molecule has 0 bridgehead atoms. The van der Waals surface area contributed by atoms with E-state index >= 15 is 0 Å². The van der Waals surface area contributed by atoms with Crippen LogP contribution in [-0.2, 0) is 11.3 Å².